The number of rotatable bonds is 3. The van der Waals surface area contributed by atoms with Crippen LogP contribution in [0, 0.1) is 0 Å². The third-order valence-electron chi connectivity index (χ3n) is 2.80. The smallest absolute Gasteiger partial charge is 0.334 e. The zero-order valence-electron chi connectivity index (χ0n) is 9.58. The Hall–Kier alpha value is -1.19. The largest absolute Gasteiger partial charge is 0.478 e. The molecule has 0 heterocycles. The van der Waals surface area contributed by atoms with Gasteiger partial charge < -0.3 is 9.84 Å². The normalized spacial score (nSPS) is 15.7. The molecule has 0 fully saturated rings. The van der Waals surface area contributed by atoms with Crippen LogP contribution in [0.3, 0.4) is 0 Å². The maximum atomic E-state index is 11.1. The van der Waals surface area contributed by atoms with Crippen molar-refractivity contribution in [1.82, 2.24) is 0 Å². The molecule has 0 saturated carbocycles. The van der Waals surface area contributed by atoms with E-state index in [1.807, 2.05) is 0 Å². The van der Waals surface area contributed by atoms with E-state index in [-0.39, 0.29) is 0 Å². The fraction of sp³-hybridized carbons (Fsp3) is 0.308. The summed E-state index contributed by atoms with van der Waals surface area (Å²) in [5.41, 5.74) is 0.331. The monoisotopic (exact) mass is 286 g/mol. The van der Waals surface area contributed by atoms with Crippen molar-refractivity contribution in [2.45, 2.75) is 25.7 Å². The molecule has 1 aromatic carbocycles. The van der Waals surface area contributed by atoms with E-state index in [1.54, 1.807) is 18.2 Å². The van der Waals surface area contributed by atoms with E-state index < -0.39 is 5.97 Å². The fourth-order valence-corrected chi connectivity index (χ4v) is 2.22. The SMILES string of the molecule is O=C(O)C1=C(Oc2cc(Cl)ccc2Cl)CCCC1. The van der Waals surface area contributed by atoms with E-state index in [0.717, 1.165) is 12.8 Å². The Morgan fingerprint density at radius 2 is 1.94 bits per heavy atom. The van der Waals surface area contributed by atoms with Gasteiger partial charge in [-0.2, -0.15) is 0 Å². The van der Waals surface area contributed by atoms with Crippen LogP contribution < -0.4 is 4.74 Å². The minimum absolute atomic E-state index is 0.331. The van der Waals surface area contributed by atoms with Crippen molar-refractivity contribution in [3.05, 3.63) is 39.6 Å². The Morgan fingerprint density at radius 3 is 2.67 bits per heavy atom. The minimum atomic E-state index is -0.928. The molecule has 0 radical (unpaired) electrons. The van der Waals surface area contributed by atoms with E-state index in [0.29, 0.717) is 40.0 Å². The molecule has 96 valence electrons. The number of allylic oxidation sites excluding steroid dienone is 1. The van der Waals surface area contributed by atoms with Crippen LogP contribution in [0.1, 0.15) is 25.7 Å². The fourth-order valence-electron chi connectivity index (χ4n) is 1.90. The quantitative estimate of drug-likeness (QED) is 0.902. The molecule has 0 aliphatic heterocycles. The van der Waals surface area contributed by atoms with Gasteiger partial charge in [0.1, 0.15) is 11.5 Å². The molecule has 1 aliphatic rings. The number of carbonyl (C=O) groups is 1. The van der Waals surface area contributed by atoms with Crippen LogP contribution in [-0.4, -0.2) is 11.1 Å². The molecule has 2 rings (SSSR count). The lowest BCUT2D eigenvalue weighted by molar-refractivity contribution is -0.133. The first-order valence-corrected chi connectivity index (χ1v) is 6.42. The number of benzene rings is 1. The van der Waals surface area contributed by atoms with Gasteiger partial charge >= 0.3 is 5.97 Å². The van der Waals surface area contributed by atoms with Gasteiger partial charge in [-0.15, -0.1) is 0 Å². The average molecular weight is 287 g/mol. The van der Waals surface area contributed by atoms with Gasteiger partial charge in [-0.05, 0) is 31.4 Å². The van der Waals surface area contributed by atoms with Crippen LogP contribution in [0.25, 0.3) is 0 Å². The van der Waals surface area contributed by atoms with Gasteiger partial charge in [-0.3, -0.25) is 0 Å². The van der Waals surface area contributed by atoms with Gasteiger partial charge in [0.25, 0.3) is 0 Å². The zero-order chi connectivity index (χ0) is 13.1. The number of aliphatic carboxylic acids is 1. The predicted octanol–water partition coefficient (Wildman–Crippen LogP) is 4.28. The Labute approximate surface area is 115 Å². The maximum Gasteiger partial charge on any atom is 0.334 e. The van der Waals surface area contributed by atoms with Gasteiger partial charge in [0, 0.05) is 17.5 Å². The lowest BCUT2D eigenvalue weighted by Gasteiger charge is -2.18. The Kier molecular flexibility index (Phi) is 4.15. The van der Waals surface area contributed by atoms with Crippen LogP contribution in [0.15, 0.2) is 29.5 Å². The van der Waals surface area contributed by atoms with Crippen LogP contribution in [0.2, 0.25) is 10.0 Å². The first-order chi connectivity index (χ1) is 8.58. The predicted molar refractivity (Wildman–Crippen MR) is 70.2 cm³/mol. The Bertz CT molecular complexity index is 509. The number of halogens is 2. The maximum absolute atomic E-state index is 11.1. The van der Waals surface area contributed by atoms with Crippen molar-refractivity contribution in [2.24, 2.45) is 0 Å². The molecule has 0 spiro atoms. The van der Waals surface area contributed by atoms with Crippen molar-refractivity contribution in [1.29, 1.82) is 0 Å². The summed E-state index contributed by atoms with van der Waals surface area (Å²) >= 11 is 11.9. The molecular weight excluding hydrogens is 275 g/mol. The summed E-state index contributed by atoms with van der Waals surface area (Å²) in [4.78, 5) is 11.1. The van der Waals surface area contributed by atoms with Crippen molar-refractivity contribution in [3.63, 3.8) is 0 Å². The third-order valence-corrected chi connectivity index (χ3v) is 3.35. The van der Waals surface area contributed by atoms with E-state index in [9.17, 15) is 4.79 Å². The van der Waals surface area contributed by atoms with Gasteiger partial charge in [0.05, 0.1) is 10.6 Å². The summed E-state index contributed by atoms with van der Waals surface area (Å²) in [5.74, 6) is -0.0411. The number of carboxylic acids is 1. The number of ether oxygens (including phenoxy) is 1. The number of hydrogen-bond acceptors (Lipinski definition) is 2. The molecule has 1 aromatic rings. The molecule has 18 heavy (non-hydrogen) atoms. The summed E-state index contributed by atoms with van der Waals surface area (Å²) in [5, 5.41) is 10.0. The topological polar surface area (TPSA) is 46.5 Å². The average Bonchev–Trinajstić information content (AvgIpc) is 2.34. The Balaban J connectivity index is 2.31. The lowest BCUT2D eigenvalue weighted by Crippen LogP contribution is -2.13. The number of hydrogen-bond donors (Lipinski definition) is 1. The first kappa shape index (κ1) is 13.2. The van der Waals surface area contributed by atoms with Crippen molar-refractivity contribution in [2.75, 3.05) is 0 Å². The van der Waals surface area contributed by atoms with Gasteiger partial charge in [0.15, 0.2) is 0 Å². The zero-order valence-corrected chi connectivity index (χ0v) is 11.1. The minimum Gasteiger partial charge on any atom is -0.478 e. The van der Waals surface area contributed by atoms with E-state index >= 15 is 0 Å². The van der Waals surface area contributed by atoms with E-state index in [4.69, 9.17) is 33.0 Å². The van der Waals surface area contributed by atoms with Gasteiger partial charge in [-0.1, -0.05) is 23.2 Å². The molecule has 5 heteroatoms. The molecule has 0 aromatic heterocycles. The second-order valence-electron chi connectivity index (χ2n) is 4.09. The molecule has 1 aliphatic carbocycles. The molecule has 0 saturated heterocycles. The van der Waals surface area contributed by atoms with E-state index in [1.165, 1.54) is 0 Å². The summed E-state index contributed by atoms with van der Waals surface area (Å²) in [6.45, 7) is 0. The lowest BCUT2D eigenvalue weighted by atomic mass is 9.98. The summed E-state index contributed by atoms with van der Waals surface area (Å²) < 4.78 is 5.62. The van der Waals surface area contributed by atoms with Crippen LogP contribution in [0.4, 0.5) is 0 Å². The number of carboxylic acid groups (broad SMARTS) is 1. The highest BCUT2D eigenvalue weighted by atomic mass is 35.5. The molecule has 0 atom stereocenters. The van der Waals surface area contributed by atoms with Crippen molar-refractivity contribution in [3.8, 4) is 5.75 Å². The molecule has 3 nitrogen and oxygen atoms in total. The van der Waals surface area contributed by atoms with Crippen molar-refractivity contribution >= 4 is 29.2 Å². The summed E-state index contributed by atoms with van der Waals surface area (Å²) in [6, 6.07) is 4.87. The molecular formula is C13H12Cl2O3. The van der Waals surface area contributed by atoms with Gasteiger partial charge in [-0.25, -0.2) is 4.79 Å². The highest BCUT2D eigenvalue weighted by molar-refractivity contribution is 6.34. The molecule has 0 bridgehead atoms. The van der Waals surface area contributed by atoms with Crippen LogP contribution in [0.5, 0.6) is 5.75 Å². The molecule has 0 unspecified atom stereocenters. The highest BCUT2D eigenvalue weighted by Crippen LogP contribution is 2.33. The third kappa shape index (κ3) is 2.98. The Morgan fingerprint density at radius 1 is 1.22 bits per heavy atom. The first-order valence-electron chi connectivity index (χ1n) is 5.66. The molecule has 1 N–H and O–H groups in total. The van der Waals surface area contributed by atoms with Crippen LogP contribution >= 0.6 is 23.2 Å². The summed E-state index contributed by atoms with van der Waals surface area (Å²) in [7, 11) is 0. The second-order valence-corrected chi connectivity index (χ2v) is 4.93. The van der Waals surface area contributed by atoms with E-state index in [2.05, 4.69) is 0 Å². The summed E-state index contributed by atoms with van der Waals surface area (Å²) in [6.07, 6.45) is 2.94. The van der Waals surface area contributed by atoms with Gasteiger partial charge in [0.2, 0.25) is 0 Å². The standard InChI is InChI=1S/C13H12Cl2O3/c14-8-5-6-10(15)12(7-8)18-11-4-2-1-3-9(11)13(16)17/h5-7H,1-4H2,(H,16,17). The van der Waals surface area contributed by atoms with Crippen molar-refractivity contribution < 1.29 is 14.6 Å². The highest BCUT2D eigenvalue weighted by Gasteiger charge is 2.21. The molecule has 0 amide bonds. The second kappa shape index (κ2) is 5.63. The van der Waals surface area contributed by atoms with Crippen LogP contribution in [-0.2, 0) is 4.79 Å².